The number of hydrogen-bond donors (Lipinski definition) is 2. The predicted octanol–water partition coefficient (Wildman–Crippen LogP) is 3.70. The molecule has 0 fully saturated rings. The van der Waals surface area contributed by atoms with E-state index in [-0.39, 0.29) is 5.56 Å². The van der Waals surface area contributed by atoms with Crippen molar-refractivity contribution in [2.45, 2.75) is 19.9 Å². The third-order valence-electron chi connectivity index (χ3n) is 3.84. The highest BCUT2D eigenvalue weighted by Crippen LogP contribution is 2.29. The third kappa shape index (κ3) is 5.11. The monoisotopic (exact) mass is 363 g/mol. The van der Waals surface area contributed by atoms with Gasteiger partial charge in [0, 0.05) is 11.6 Å². The minimum Gasteiger partial charge on any atom is -0.496 e. The van der Waals surface area contributed by atoms with Crippen molar-refractivity contribution in [3.8, 4) is 11.5 Å². The molecule has 5 nitrogen and oxygen atoms in total. The summed E-state index contributed by atoms with van der Waals surface area (Å²) in [6.07, 6.45) is 0.680. The van der Waals surface area contributed by atoms with Gasteiger partial charge in [0.1, 0.15) is 17.1 Å². The lowest BCUT2D eigenvalue weighted by atomic mass is 10.1. The molecule has 6 heteroatoms. The molecule has 0 aliphatic heterocycles. The molecule has 0 atom stereocenters. The summed E-state index contributed by atoms with van der Waals surface area (Å²) in [6.45, 7) is 3.42. The van der Waals surface area contributed by atoms with E-state index in [2.05, 4.69) is 11.4 Å². The van der Waals surface area contributed by atoms with Crippen LogP contribution in [0.1, 0.15) is 27.0 Å². The first kappa shape index (κ1) is 19.1. The fourth-order valence-electron chi connectivity index (χ4n) is 2.69. The maximum absolute atomic E-state index is 11.3. The summed E-state index contributed by atoms with van der Waals surface area (Å²) in [6, 6.07) is 9.16. The lowest BCUT2D eigenvalue weighted by molar-refractivity contribution is 0.0693. The smallest absolute Gasteiger partial charge is 0.339 e. The molecule has 0 radical (unpaired) electrons. The van der Waals surface area contributed by atoms with Gasteiger partial charge in [0.15, 0.2) is 0 Å². The highest BCUT2D eigenvalue weighted by molar-refractivity contribution is 6.30. The Morgan fingerprint density at radius 1 is 1.12 bits per heavy atom. The number of aromatic carboxylic acids is 1. The number of carboxylic acids is 1. The molecule has 0 unspecified atom stereocenters. The van der Waals surface area contributed by atoms with E-state index in [1.54, 1.807) is 6.07 Å². The zero-order valence-corrected chi connectivity index (χ0v) is 15.3. The number of hydrogen-bond acceptors (Lipinski definition) is 4. The summed E-state index contributed by atoms with van der Waals surface area (Å²) in [7, 11) is 2.98. The zero-order chi connectivity index (χ0) is 18.4. The van der Waals surface area contributed by atoms with Crippen LogP contribution in [0.3, 0.4) is 0 Å². The van der Waals surface area contributed by atoms with E-state index in [0.29, 0.717) is 31.0 Å². The van der Waals surface area contributed by atoms with Gasteiger partial charge in [0.05, 0.1) is 14.2 Å². The molecule has 2 N–H and O–H groups in total. The van der Waals surface area contributed by atoms with Crippen LogP contribution in [0.2, 0.25) is 5.02 Å². The van der Waals surface area contributed by atoms with E-state index < -0.39 is 5.97 Å². The molecule has 0 amide bonds. The van der Waals surface area contributed by atoms with Gasteiger partial charge in [0.25, 0.3) is 0 Å². The van der Waals surface area contributed by atoms with E-state index in [9.17, 15) is 9.90 Å². The van der Waals surface area contributed by atoms with Gasteiger partial charge in [-0.1, -0.05) is 17.7 Å². The van der Waals surface area contributed by atoms with Crippen molar-refractivity contribution < 1.29 is 19.4 Å². The van der Waals surface area contributed by atoms with Crippen molar-refractivity contribution in [2.24, 2.45) is 0 Å². The Morgan fingerprint density at radius 3 is 2.44 bits per heavy atom. The first-order chi connectivity index (χ1) is 11.9. The molecule has 0 saturated carbocycles. The molecule has 0 aliphatic carbocycles. The number of aryl methyl sites for hydroxylation is 1. The van der Waals surface area contributed by atoms with Crippen LogP contribution in [0.15, 0.2) is 30.3 Å². The average Bonchev–Trinajstić information content (AvgIpc) is 2.57. The summed E-state index contributed by atoms with van der Waals surface area (Å²) < 4.78 is 10.5. The second kappa shape index (κ2) is 8.74. The molecule has 0 spiro atoms. The van der Waals surface area contributed by atoms with Crippen LogP contribution in [0.5, 0.6) is 11.5 Å². The lowest BCUT2D eigenvalue weighted by Crippen LogP contribution is -2.17. The summed E-state index contributed by atoms with van der Waals surface area (Å²) in [5.41, 5.74) is 3.22. The van der Waals surface area contributed by atoms with Gasteiger partial charge in [-0.15, -0.1) is 0 Å². The van der Waals surface area contributed by atoms with Crippen LogP contribution in [0, 0.1) is 6.92 Å². The van der Waals surface area contributed by atoms with E-state index >= 15 is 0 Å². The first-order valence-corrected chi connectivity index (χ1v) is 8.27. The van der Waals surface area contributed by atoms with E-state index in [1.807, 2.05) is 19.1 Å². The Morgan fingerprint density at radius 2 is 1.84 bits per heavy atom. The SMILES string of the molecule is COc1cc(C(=O)O)c(OC)cc1CCNCc1cc(C)cc(Cl)c1. The van der Waals surface area contributed by atoms with Gasteiger partial charge < -0.3 is 19.9 Å². The van der Waals surface area contributed by atoms with E-state index in [4.69, 9.17) is 21.1 Å². The Kier molecular flexibility index (Phi) is 6.67. The van der Waals surface area contributed by atoms with Crippen molar-refractivity contribution in [3.05, 3.63) is 57.6 Å². The van der Waals surface area contributed by atoms with Gasteiger partial charge in [-0.3, -0.25) is 0 Å². The molecule has 134 valence electrons. The fourth-order valence-corrected chi connectivity index (χ4v) is 3.01. The quantitative estimate of drug-likeness (QED) is 0.700. The van der Waals surface area contributed by atoms with Gasteiger partial charge in [0.2, 0.25) is 0 Å². The number of carbonyl (C=O) groups is 1. The lowest BCUT2D eigenvalue weighted by Gasteiger charge is -2.13. The maximum atomic E-state index is 11.3. The normalized spacial score (nSPS) is 10.6. The third-order valence-corrected chi connectivity index (χ3v) is 4.05. The minimum atomic E-state index is -1.05. The topological polar surface area (TPSA) is 67.8 Å². The number of benzene rings is 2. The van der Waals surface area contributed by atoms with Crippen molar-refractivity contribution in [2.75, 3.05) is 20.8 Å². The van der Waals surface area contributed by atoms with Crippen molar-refractivity contribution in [1.82, 2.24) is 5.32 Å². The van der Waals surface area contributed by atoms with Crippen LogP contribution >= 0.6 is 11.6 Å². The number of rotatable bonds is 8. The summed E-state index contributed by atoms with van der Waals surface area (Å²) in [5.74, 6) is -0.177. The molecule has 0 bridgehead atoms. The minimum absolute atomic E-state index is 0.0884. The highest BCUT2D eigenvalue weighted by atomic mass is 35.5. The maximum Gasteiger partial charge on any atom is 0.339 e. The zero-order valence-electron chi connectivity index (χ0n) is 14.6. The van der Waals surface area contributed by atoms with Crippen LogP contribution < -0.4 is 14.8 Å². The number of carboxylic acid groups (broad SMARTS) is 1. The van der Waals surface area contributed by atoms with E-state index in [0.717, 1.165) is 21.7 Å². The molecular weight excluding hydrogens is 342 g/mol. The molecule has 0 heterocycles. The Labute approximate surface area is 152 Å². The number of methoxy groups -OCH3 is 2. The summed E-state index contributed by atoms with van der Waals surface area (Å²) in [5, 5.41) is 13.3. The summed E-state index contributed by atoms with van der Waals surface area (Å²) >= 11 is 6.07. The molecule has 0 aromatic heterocycles. The van der Waals surface area contributed by atoms with Crippen LogP contribution in [0.4, 0.5) is 0 Å². The largest absolute Gasteiger partial charge is 0.496 e. The second-order valence-electron chi connectivity index (χ2n) is 5.73. The van der Waals surface area contributed by atoms with Gasteiger partial charge >= 0.3 is 5.97 Å². The van der Waals surface area contributed by atoms with Crippen LogP contribution in [-0.4, -0.2) is 31.8 Å². The van der Waals surface area contributed by atoms with Gasteiger partial charge in [-0.05, 0) is 60.8 Å². The van der Waals surface area contributed by atoms with Crippen molar-refractivity contribution in [3.63, 3.8) is 0 Å². The van der Waals surface area contributed by atoms with Crippen molar-refractivity contribution in [1.29, 1.82) is 0 Å². The molecule has 25 heavy (non-hydrogen) atoms. The van der Waals surface area contributed by atoms with Crippen LogP contribution in [0.25, 0.3) is 0 Å². The van der Waals surface area contributed by atoms with E-state index in [1.165, 1.54) is 20.3 Å². The van der Waals surface area contributed by atoms with Crippen LogP contribution in [-0.2, 0) is 13.0 Å². The Balaban J connectivity index is 2.03. The number of nitrogens with one attached hydrogen (secondary N) is 1. The molecule has 2 aromatic carbocycles. The van der Waals surface area contributed by atoms with Gasteiger partial charge in [-0.2, -0.15) is 0 Å². The summed E-state index contributed by atoms with van der Waals surface area (Å²) in [4.78, 5) is 11.3. The average molecular weight is 364 g/mol. The molecular formula is C19H22ClNO4. The predicted molar refractivity (Wildman–Crippen MR) is 98.1 cm³/mol. The highest BCUT2D eigenvalue weighted by Gasteiger charge is 2.16. The second-order valence-corrected chi connectivity index (χ2v) is 6.17. The van der Waals surface area contributed by atoms with Gasteiger partial charge in [-0.25, -0.2) is 4.79 Å². The number of halogens is 1. The fraction of sp³-hybridized carbons (Fsp3) is 0.316. The Bertz CT molecular complexity index is 741. The molecule has 2 aromatic rings. The van der Waals surface area contributed by atoms with Crippen molar-refractivity contribution >= 4 is 17.6 Å². The number of ether oxygens (including phenoxy) is 2. The molecule has 2 rings (SSSR count). The molecule has 0 aliphatic rings. The Hall–Kier alpha value is -2.24. The first-order valence-electron chi connectivity index (χ1n) is 7.89. The standard InChI is InChI=1S/C19H22ClNO4/c1-12-6-13(8-15(20)7-12)11-21-5-4-14-9-18(25-3)16(19(22)23)10-17(14)24-2/h6-10,21H,4-5,11H2,1-3H3,(H,22,23). The molecule has 0 saturated heterocycles.